The molecule has 0 aliphatic carbocycles. The summed E-state index contributed by atoms with van der Waals surface area (Å²) in [5.41, 5.74) is 1.68. The van der Waals surface area contributed by atoms with Crippen molar-refractivity contribution in [2.45, 2.75) is 58.3 Å². The van der Waals surface area contributed by atoms with E-state index in [-0.39, 0.29) is 24.5 Å². The van der Waals surface area contributed by atoms with E-state index < -0.39 is 30.1 Å². The standard InChI is InChI=1S/C28H31ClN2O7/c1-28(2,3)14-31-19-10-9-16(29)12-18(19)24(17-6-4-8-21-25(17)37-15-36-21)38-22(26(31)33)13-23(32)30-11-5-7-20(30)27(34)35/h4,6,8-10,12,20,22,24H,5,7,11,13-15H2,1-3H3,(H,34,35)/t20-,22-,24-/m0/s1. The van der Waals surface area contributed by atoms with Crippen molar-refractivity contribution in [1.29, 1.82) is 0 Å². The number of benzene rings is 2. The third-order valence-corrected chi connectivity index (χ3v) is 7.20. The number of amides is 2. The monoisotopic (exact) mass is 542 g/mol. The number of carboxylic acids is 1. The van der Waals surface area contributed by atoms with E-state index in [0.29, 0.717) is 59.3 Å². The van der Waals surface area contributed by atoms with Crippen LogP contribution in [0, 0.1) is 5.41 Å². The first-order valence-electron chi connectivity index (χ1n) is 12.7. The molecule has 0 saturated carbocycles. The zero-order chi connectivity index (χ0) is 27.2. The molecule has 3 heterocycles. The van der Waals surface area contributed by atoms with Crippen LogP contribution in [0.1, 0.15) is 57.3 Å². The number of nitrogens with zero attached hydrogens (tertiary/aromatic N) is 2. The number of fused-ring (bicyclic) bond motifs is 2. The van der Waals surface area contributed by atoms with E-state index in [1.807, 2.05) is 32.9 Å². The predicted molar refractivity (Wildman–Crippen MR) is 140 cm³/mol. The van der Waals surface area contributed by atoms with Gasteiger partial charge in [-0.05, 0) is 42.5 Å². The molecule has 3 aliphatic heterocycles. The number of aliphatic carboxylic acids is 1. The van der Waals surface area contributed by atoms with Crippen molar-refractivity contribution in [3.63, 3.8) is 0 Å². The molecule has 2 aromatic rings. The Balaban J connectivity index is 1.59. The number of para-hydroxylation sites is 1. The van der Waals surface area contributed by atoms with Crippen molar-refractivity contribution in [2.24, 2.45) is 5.41 Å². The van der Waals surface area contributed by atoms with Gasteiger partial charge in [-0.15, -0.1) is 0 Å². The number of hydrogen-bond donors (Lipinski definition) is 1. The van der Waals surface area contributed by atoms with Gasteiger partial charge in [0.2, 0.25) is 12.7 Å². The Morgan fingerprint density at radius 1 is 1.13 bits per heavy atom. The van der Waals surface area contributed by atoms with Crippen LogP contribution in [0.25, 0.3) is 0 Å². The van der Waals surface area contributed by atoms with Gasteiger partial charge in [0, 0.05) is 34.9 Å². The lowest BCUT2D eigenvalue weighted by Gasteiger charge is -2.32. The number of carbonyl (C=O) groups excluding carboxylic acids is 2. The van der Waals surface area contributed by atoms with Gasteiger partial charge < -0.3 is 29.1 Å². The van der Waals surface area contributed by atoms with Crippen molar-refractivity contribution in [1.82, 2.24) is 4.90 Å². The first-order chi connectivity index (χ1) is 18.0. The molecule has 202 valence electrons. The SMILES string of the molecule is CC(C)(C)CN1C(=O)[C@H](CC(=O)N2CCC[C@H]2C(=O)O)O[C@@H](c2cccc3c2OCO3)c2cc(Cl)ccc21. The summed E-state index contributed by atoms with van der Waals surface area (Å²) in [4.78, 5) is 42.2. The molecular formula is C28H31ClN2O7. The van der Waals surface area contributed by atoms with Crippen LogP contribution in [0.3, 0.4) is 0 Å². The van der Waals surface area contributed by atoms with E-state index in [2.05, 4.69) is 0 Å². The smallest absolute Gasteiger partial charge is 0.326 e. The Bertz CT molecular complexity index is 1270. The van der Waals surface area contributed by atoms with E-state index >= 15 is 0 Å². The highest BCUT2D eigenvalue weighted by Crippen LogP contribution is 2.47. The first-order valence-corrected chi connectivity index (χ1v) is 13.1. The van der Waals surface area contributed by atoms with Crippen LogP contribution in [0.15, 0.2) is 36.4 Å². The zero-order valence-electron chi connectivity index (χ0n) is 21.6. The fraction of sp³-hybridized carbons (Fsp3) is 0.464. The Kier molecular flexibility index (Phi) is 7.00. The molecule has 0 unspecified atom stereocenters. The fourth-order valence-corrected chi connectivity index (χ4v) is 5.52. The van der Waals surface area contributed by atoms with Gasteiger partial charge in [0.25, 0.3) is 5.91 Å². The Morgan fingerprint density at radius 3 is 2.66 bits per heavy atom. The normalized spacial score (nSPS) is 22.8. The Hall–Kier alpha value is -3.30. The number of rotatable bonds is 5. The Morgan fingerprint density at radius 2 is 1.92 bits per heavy atom. The van der Waals surface area contributed by atoms with Gasteiger partial charge in [-0.25, -0.2) is 4.79 Å². The molecule has 3 aliphatic rings. The van der Waals surface area contributed by atoms with Crippen LogP contribution in [0.2, 0.25) is 5.02 Å². The van der Waals surface area contributed by atoms with Gasteiger partial charge in [0.15, 0.2) is 11.5 Å². The molecule has 10 heteroatoms. The number of halogens is 1. The number of ether oxygens (including phenoxy) is 3. The second-order valence-corrected chi connectivity index (χ2v) is 11.5. The summed E-state index contributed by atoms with van der Waals surface area (Å²) in [6.45, 7) is 6.83. The third kappa shape index (κ3) is 5.05. The van der Waals surface area contributed by atoms with Crippen LogP contribution >= 0.6 is 11.6 Å². The molecule has 2 amide bonds. The van der Waals surface area contributed by atoms with Gasteiger partial charge >= 0.3 is 5.97 Å². The summed E-state index contributed by atoms with van der Waals surface area (Å²) in [5.74, 6) is -0.767. The minimum absolute atomic E-state index is 0.0595. The average molecular weight is 543 g/mol. The minimum atomic E-state index is -1.16. The molecule has 9 nitrogen and oxygen atoms in total. The van der Waals surface area contributed by atoms with Crippen molar-refractivity contribution in [3.05, 3.63) is 52.5 Å². The number of carbonyl (C=O) groups is 3. The summed E-state index contributed by atoms with van der Waals surface area (Å²) < 4.78 is 17.9. The summed E-state index contributed by atoms with van der Waals surface area (Å²) in [6.07, 6.45) is -1.25. The van der Waals surface area contributed by atoms with Crippen molar-refractivity contribution in [3.8, 4) is 11.5 Å². The number of anilines is 1. The lowest BCUT2D eigenvalue weighted by Crippen LogP contribution is -2.47. The lowest BCUT2D eigenvalue weighted by molar-refractivity contribution is -0.151. The summed E-state index contributed by atoms with van der Waals surface area (Å²) in [7, 11) is 0. The van der Waals surface area contributed by atoms with Crippen molar-refractivity contribution in [2.75, 3.05) is 24.8 Å². The van der Waals surface area contributed by atoms with E-state index in [4.69, 9.17) is 25.8 Å². The molecule has 0 bridgehead atoms. The van der Waals surface area contributed by atoms with Crippen LogP contribution in [-0.2, 0) is 19.1 Å². The lowest BCUT2D eigenvalue weighted by atomic mass is 9.94. The summed E-state index contributed by atoms with van der Waals surface area (Å²) in [5, 5.41) is 10.1. The summed E-state index contributed by atoms with van der Waals surface area (Å²) in [6, 6.07) is 9.84. The van der Waals surface area contributed by atoms with Crippen LogP contribution in [0.4, 0.5) is 5.69 Å². The highest BCUT2D eigenvalue weighted by atomic mass is 35.5. The maximum atomic E-state index is 14.1. The quantitative estimate of drug-likeness (QED) is 0.597. The van der Waals surface area contributed by atoms with E-state index in [9.17, 15) is 19.5 Å². The topological polar surface area (TPSA) is 106 Å². The molecule has 1 fully saturated rings. The largest absolute Gasteiger partial charge is 0.480 e. The number of hydrogen-bond acceptors (Lipinski definition) is 6. The number of likely N-dealkylation sites (tertiary alicyclic amines) is 1. The maximum absolute atomic E-state index is 14.1. The third-order valence-electron chi connectivity index (χ3n) is 6.96. The Labute approximate surface area is 226 Å². The first kappa shape index (κ1) is 26.3. The van der Waals surface area contributed by atoms with E-state index in [1.165, 1.54) is 4.90 Å². The zero-order valence-corrected chi connectivity index (χ0v) is 22.4. The minimum Gasteiger partial charge on any atom is -0.480 e. The molecule has 1 N–H and O–H groups in total. The number of carboxylic acid groups (broad SMARTS) is 1. The van der Waals surface area contributed by atoms with Gasteiger partial charge in [-0.3, -0.25) is 9.59 Å². The highest BCUT2D eigenvalue weighted by Gasteiger charge is 2.42. The average Bonchev–Trinajstić information content (AvgIpc) is 3.52. The van der Waals surface area contributed by atoms with Crippen LogP contribution < -0.4 is 14.4 Å². The van der Waals surface area contributed by atoms with Gasteiger partial charge in [-0.1, -0.05) is 44.5 Å². The second kappa shape index (κ2) is 10.1. The van der Waals surface area contributed by atoms with Crippen LogP contribution in [0.5, 0.6) is 11.5 Å². The maximum Gasteiger partial charge on any atom is 0.326 e. The second-order valence-electron chi connectivity index (χ2n) is 11.1. The molecule has 2 aromatic carbocycles. The fourth-order valence-electron chi connectivity index (χ4n) is 5.34. The molecule has 0 aromatic heterocycles. The molecule has 38 heavy (non-hydrogen) atoms. The van der Waals surface area contributed by atoms with E-state index in [1.54, 1.807) is 29.2 Å². The van der Waals surface area contributed by atoms with Gasteiger partial charge in [0.1, 0.15) is 18.2 Å². The van der Waals surface area contributed by atoms with Gasteiger partial charge in [-0.2, -0.15) is 0 Å². The molecule has 0 radical (unpaired) electrons. The van der Waals surface area contributed by atoms with Gasteiger partial charge in [0.05, 0.1) is 6.42 Å². The predicted octanol–water partition coefficient (Wildman–Crippen LogP) is 4.40. The molecule has 5 rings (SSSR count). The molecule has 0 spiro atoms. The molecule has 3 atom stereocenters. The van der Waals surface area contributed by atoms with E-state index in [0.717, 1.165) is 0 Å². The van der Waals surface area contributed by atoms with Crippen molar-refractivity contribution >= 4 is 35.1 Å². The molecular weight excluding hydrogens is 512 g/mol. The van der Waals surface area contributed by atoms with Crippen molar-refractivity contribution < 1.29 is 33.7 Å². The van der Waals surface area contributed by atoms with Crippen LogP contribution in [-0.4, -0.2) is 59.8 Å². The highest BCUT2D eigenvalue weighted by molar-refractivity contribution is 6.30. The molecule has 1 saturated heterocycles. The summed E-state index contributed by atoms with van der Waals surface area (Å²) >= 11 is 6.44.